The Labute approximate surface area is 107 Å². The first-order valence-corrected chi connectivity index (χ1v) is 5.89. The molecule has 1 rings (SSSR count). The second-order valence-electron chi connectivity index (χ2n) is 4.17. The number of esters is 1. The lowest BCUT2D eigenvalue weighted by Crippen LogP contribution is -2.11. The van der Waals surface area contributed by atoms with Crippen LogP contribution in [0.15, 0.2) is 18.2 Å². The first-order chi connectivity index (χ1) is 8.52. The van der Waals surface area contributed by atoms with Crippen molar-refractivity contribution in [3.05, 3.63) is 18.2 Å². The highest BCUT2D eigenvalue weighted by atomic mass is 16.5. The van der Waals surface area contributed by atoms with Crippen LogP contribution in [0.5, 0.6) is 5.75 Å². The van der Waals surface area contributed by atoms with Crippen LogP contribution < -0.4 is 15.8 Å². The summed E-state index contributed by atoms with van der Waals surface area (Å²) in [4.78, 5) is 11.0. The van der Waals surface area contributed by atoms with Gasteiger partial charge in [-0.1, -0.05) is 0 Å². The zero-order valence-electron chi connectivity index (χ0n) is 11.0. The molecule has 0 bridgehead atoms. The molecule has 0 heterocycles. The van der Waals surface area contributed by atoms with Crippen LogP contribution in [-0.4, -0.2) is 25.7 Å². The Morgan fingerprint density at radius 3 is 2.78 bits per heavy atom. The van der Waals surface area contributed by atoms with Crippen molar-refractivity contribution in [2.75, 3.05) is 24.7 Å². The van der Waals surface area contributed by atoms with Crippen LogP contribution in [0, 0.1) is 0 Å². The van der Waals surface area contributed by atoms with E-state index in [1.54, 1.807) is 6.07 Å². The van der Waals surface area contributed by atoms with Crippen molar-refractivity contribution >= 4 is 17.3 Å². The van der Waals surface area contributed by atoms with Gasteiger partial charge >= 0.3 is 5.97 Å². The van der Waals surface area contributed by atoms with E-state index in [0.717, 1.165) is 5.69 Å². The largest absolute Gasteiger partial charge is 0.489 e. The van der Waals surface area contributed by atoms with Crippen LogP contribution in [0.3, 0.4) is 0 Å². The third kappa shape index (κ3) is 4.53. The molecule has 5 heteroatoms. The molecule has 0 atom stereocenters. The van der Waals surface area contributed by atoms with Crippen molar-refractivity contribution in [1.82, 2.24) is 0 Å². The molecule has 0 aliphatic carbocycles. The number of nitrogen functional groups attached to an aromatic ring is 1. The van der Waals surface area contributed by atoms with Crippen molar-refractivity contribution < 1.29 is 14.3 Å². The molecule has 0 aliphatic rings. The Morgan fingerprint density at radius 1 is 1.44 bits per heavy atom. The van der Waals surface area contributed by atoms with Gasteiger partial charge in [0.05, 0.1) is 25.3 Å². The molecule has 18 heavy (non-hydrogen) atoms. The number of benzene rings is 1. The van der Waals surface area contributed by atoms with Gasteiger partial charge in [0.2, 0.25) is 0 Å². The minimum absolute atomic E-state index is 0.0672. The normalized spacial score (nSPS) is 10.2. The molecule has 0 saturated heterocycles. The maximum atomic E-state index is 11.0. The van der Waals surface area contributed by atoms with Gasteiger partial charge in [-0.25, -0.2) is 0 Å². The lowest BCUT2D eigenvalue weighted by molar-refractivity contribution is -0.140. The van der Waals surface area contributed by atoms with Crippen LogP contribution >= 0.6 is 0 Å². The monoisotopic (exact) mass is 252 g/mol. The molecule has 0 unspecified atom stereocenters. The molecular weight excluding hydrogens is 232 g/mol. The SMILES string of the molecule is COC(=O)CCNc1ccc(N)c(OC(C)C)c1. The van der Waals surface area contributed by atoms with Crippen LogP contribution in [0.1, 0.15) is 20.3 Å². The quantitative estimate of drug-likeness (QED) is 0.598. The standard InChI is InChI=1S/C13H20N2O3/c1-9(2)18-12-8-10(4-5-11(12)14)15-7-6-13(16)17-3/h4-5,8-9,15H,6-7,14H2,1-3H3. The molecule has 0 aliphatic heterocycles. The lowest BCUT2D eigenvalue weighted by atomic mass is 10.2. The third-order valence-corrected chi connectivity index (χ3v) is 2.26. The molecule has 5 nitrogen and oxygen atoms in total. The Kier molecular flexibility index (Phi) is 5.30. The fraction of sp³-hybridized carbons (Fsp3) is 0.462. The number of carbonyl (C=O) groups excluding carboxylic acids is 1. The van der Waals surface area contributed by atoms with Crippen molar-refractivity contribution in [2.45, 2.75) is 26.4 Å². The predicted molar refractivity (Wildman–Crippen MR) is 71.7 cm³/mol. The van der Waals surface area contributed by atoms with E-state index in [0.29, 0.717) is 24.4 Å². The average molecular weight is 252 g/mol. The second-order valence-corrected chi connectivity index (χ2v) is 4.17. The van der Waals surface area contributed by atoms with Gasteiger partial charge in [-0.2, -0.15) is 0 Å². The van der Waals surface area contributed by atoms with E-state index < -0.39 is 0 Å². The molecule has 0 fully saturated rings. The number of hydrogen-bond acceptors (Lipinski definition) is 5. The fourth-order valence-corrected chi connectivity index (χ4v) is 1.41. The maximum Gasteiger partial charge on any atom is 0.307 e. The molecule has 0 radical (unpaired) electrons. The molecule has 0 spiro atoms. The minimum atomic E-state index is -0.239. The zero-order chi connectivity index (χ0) is 13.5. The van der Waals surface area contributed by atoms with Crippen molar-refractivity contribution in [2.24, 2.45) is 0 Å². The van der Waals surface area contributed by atoms with Gasteiger partial charge in [0.25, 0.3) is 0 Å². The van der Waals surface area contributed by atoms with Crippen molar-refractivity contribution in [1.29, 1.82) is 0 Å². The Hall–Kier alpha value is -1.91. The van der Waals surface area contributed by atoms with Crippen LogP contribution in [0.25, 0.3) is 0 Å². The lowest BCUT2D eigenvalue weighted by Gasteiger charge is -2.14. The maximum absolute atomic E-state index is 11.0. The second kappa shape index (κ2) is 6.74. The number of carbonyl (C=O) groups is 1. The average Bonchev–Trinajstić information content (AvgIpc) is 2.32. The van der Waals surface area contributed by atoms with Gasteiger partial charge in [0.1, 0.15) is 5.75 Å². The summed E-state index contributed by atoms with van der Waals surface area (Å²) in [5, 5.41) is 3.11. The van der Waals surface area contributed by atoms with E-state index in [1.807, 2.05) is 26.0 Å². The summed E-state index contributed by atoms with van der Waals surface area (Å²) in [5.74, 6) is 0.407. The highest BCUT2D eigenvalue weighted by Gasteiger charge is 2.05. The predicted octanol–water partition coefficient (Wildman–Crippen LogP) is 2.03. The molecule has 0 aromatic heterocycles. The van der Waals surface area contributed by atoms with Crippen molar-refractivity contribution in [3.63, 3.8) is 0 Å². The molecule has 1 aromatic rings. The molecule has 0 amide bonds. The third-order valence-electron chi connectivity index (χ3n) is 2.26. The topological polar surface area (TPSA) is 73.6 Å². The molecule has 3 N–H and O–H groups in total. The number of methoxy groups -OCH3 is 1. The summed E-state index contributed by atoms with van der Waals surface area (Å²) in [6.45, 7) is 4.39. The van der Waals surface area contributed by atoms with Gasteiger partial charge in [0.15, 0.2) is 0 Å². The van der Waals surface area contributed by atoms with Crippen LogP contribution in [-0.2, 0) is 9.53 Å². The Balaban J connectivity index is 2.58. The first kappa shape index (κ1) is 14.2. The summed E-state index contributed by atoms with van der Waals surface area (Å²) in [5.41, 5.74) is 7.27. The van der Waals surface area contributed by atoms with Gasteiger partial charge in [-0.15, -0.1) is 0 Å². The molecular formula is C13H20N2O3. The van der Waals surface area contributed by atoms with E-state index >= 15 is 0 Å². The molecule has 0 saturated carbocycles. The fourth-order valence-electron chi connectivity index (χ4n) is 1.41. The molecule has 100 valence electrons. The highest BCUT2D eigenvalue weighted by Crippen LogP contribution is 2.26. The summed E-state index contributed by atoms with van der Waals surface area (Å²) in [6.07, 6.45) is 0.388. The summed E-state index contributed by atoms with van der Waals surface area (Å²) in [6, 6.07) is 5.45. The van der Waals surface area contributed by atoms with Gasteiger partial charge in [-0.3, -0.25) is 4.79 Å². The number of nitrogens with two attached hydrogens (primary N) is 1. The van der Waals surface area contributed by atoms with Gasteiger partial charge in [-0.05, 0) is 26.0 Å². The summed E-state index contributed by atoms with van der Waals surface area (Å²) < 4.78 is 10.1. The highest BCUT2D eigenvalue weighted by molar-refractivity contribution is 5.70. The van der Waals surface area contributed by atoms with E-state index in [2.05, 4.69) is 10.1 Å². The smallest absolute Gasteiger partial charge is 0.307 e. The van der Waals surface area contributed by atoms with E-state index in [1.165, 1.54) is 7.11 Å². The van der Waals surface area contributed by atoms with E-state index in [-0.39, 0.29) is 12.1 Å². The number of nitrogens with one attached hydrogen (secondary N) is 1. The minimum Gasteiger partial charge on any atom is -0.489 e. The van der Waals surface area contributed by atoms with Crippen molar-refractivity contribution in [3.8, 4) is 5.75 Å². The zero-order valence-corrected chi connectivity index (χ0v) is 11.0. The summed E-state index contributed by atoms with van der Waals surface area (Å²) >= 11 is 0. The first-order valence-electron chi connectivity index (χ1n) is 5.89. The Morgan fingerprint density at radius 2 is 2.17 bits per heavy atom. The molecule has 1 aromatic carbocycles. The number of ether oxygens (including phenoxy) is 2. The number of anilines is 2. The van der Waals surface area contributed by atoms with Crippen LogP contribution in [0.4, 0.5) is 11.4 Å². The number of rotatable bonds is 6. The van der Waals surface area contributed by atoms with Gasteiger partial charge in [0, 0.05) is 18.3 Å². The number of hydrogen-bond donors (Lipinski definition) is 2. The Bertz CT molecular complexity index is 405. The van der Waals surface area contributed by atoms with E-state index in [4.69, 9.17) is 10.5 Å². The summed E-state index contributed by atoms with van der Waals surface area (Å²) in [7, 11) is 1.38. The van der Waals surface area contributed by atoms with Crippen LogP contribution in [0.2, 0.25) is 0 Å². The van der Waals surface area contributed by atoms with E-state index in [9.17, 15) is 4.79 Å². The van der Waals surface area contributed by atoms with Gasteiger partial charge < -0.3 is 20.5 Å².